The minimum atomic E-state index is -1.06. The summed E-state index contributed by atoms with van der Waals surface area (Å²) in [6, 6.07) is 6.65. The van der Waals surface area contributed by atoms with Crippen LogP contribution >= 0.6 is 0 Å². The highest BCUT2D eigenvalue weighted by Gasteiger charge is 2.23. The number of aryl methyl sites for hydroxylation is 1. The number of nitrogens with one attached hydrogen (secondary N) is 1. The number of amides is 1. The van der Waals surface area contributed by atoms with E-state index < -0.39 is 23.7 Å². The number of hydrogen-bond acceptors (Lipinski definition) is 4. The van der Waals surface area contributed by atoms with Crippen LogP contribution in [0.3, 0.4) is 0 Å². The summed E-state index contributed by atoms with van der Waals surface area (Å²) in [5.74, 6) is -0.283. The Balaban J connectivity index is 2.46. The molecule has 1 amide bonds. The smallest absolute Gasteiger partial charge is 0.408 e. The molecule has 0 saturated carbocycles. The van der Waals surface area contributed by atoms with Gasteiger partial charge in [0.25, 0.3) is 0 Å². The molecule has 6 nitrogen and oxygen atoms in total. The van der Waals surface area contributed by atoms with Gasteiger partial charge in [0.15, 0.2) is 0 Å². The van der Waals surface area contributed by atoms with E-state index in [2.05, 4.69) is 5.32 Å². The third-order valence-corrected chi connectivity index (χ3v) is 3.11. The van der Waals surface area contributed by atoms with Crippen LogP contribution in [-0.2, 0) is 16.0 Å². The summed E-state index contributed by atoms with van der Waals surface area (Å²) in [6.45, 7) is 5.18. The fourth-order valence-electron chi connectivity index (χ4n) is 2.01. The molecule has 1 rings (SSSR count). The topological polar surface area (TPSA) is 84.9 Å². The summed E-state index contributed by atoms with van der Waals surface area (Å²) in [4.78, 5) is 22.9. The molecule has 0 radical (unpaired) electrons. The van der Waals surface area contributed by atoms with E-state index >= 15 is 0 Å². The van der Waals surface area contributed by atoms with Gasteiger partial charge in [-0.3, -0.25) is 0 Å². The monoisotopic (exact) mass is 323 g/mol. The molecule has 0 aliphatic carbocycles. The van der Waals surface area contributed by atoms with Crippen molar-refractivity contribution in [2.24, 2.45) is 0 Å². The van der Waals surface area contributed by atoms with Gasteiger partial charge in [0, 0.05) is 0 Å². The van der Waals surface area contributed by atoms with Crippen molar-refractivity contribution in [1.29, 1.82) is 0 Å². The van der Waals surface area contributed by atoms with Crippen LogP contribution in [0, 0.1) is 0 Å². The quantitative estimate of drug-likeness (QED) is 0.806. The number of ether oxygens (including phenoxy) is 2. The van der Waals surface area contributed by atoms with Crippen molar-refractivity contribution < 1.29 is 24.2 Å². The second kappa shape index (κ2) is 8.41. The molecule has 1 unspecified atom stereocenters. The van der Waals surface area contributed by atoms with Crippen LogP contribution in [0.4, 0.5) is 4.79 Å². The Labute approximate surface area is 136 Å². The number of carboxylic acids is 1. The van der Waals surface area contributed by atoms with Gasteiger partial charge in [-0.1, -0.05) is 12.1 Å². The first kappa shape index (κ1) is 18.8. The van der Waals surface area contributed by atoms with Gasteiger partial charge in [-0.05, 0) is 57.7 Å². The molecule has 6 heteroatoms. The summed E-state index contributed by atoms with van der Waals surface area (Å²) in [6.07, 6.45) is 0.984. The summed E-state index contributed by atoms with van der Waals surface area (Å²) in [5, 5.41) is 11.6. The van der Waals surface area contributed by atoms with Crippen molar-refractivity contribution in [1.82, 2.24) is 5.32 Å². The highest BCUT2D eigenvalue weighted by Crippen LogP contribution is 2.14. The normalized spacial score (nSPS) is 12.3. The van der Waals surface area contributed by atoms with Gasteiger partial charge in [0.1, 0.15) is 17.4 Å². The Kier molecular flexibility index (Phi) is 6.88. The highest BCUT2D eigenvalue weighted by atomic mass is 16.6. The van der Waals surface area contributed by atoms with E-state index in [9.17, 15) is 14.7 Å². The number of alkyl carbamates (subject to hydrolysis) is 1. The molecule has 1 atom stereocenters. The zero-order valence-corrected chi connectivity index (χ0v) is 14.1. The minimum absolute atomic E-state index is 0.334. The second-order valence-corrected chi connectivity index (χ2v) is 6.28. The fourth-order valence-corrected chi connectivity index (χ4v) is 2.01. The number of carbonyl (C=O) groups excluding carboxylic acids is 1. The van der Waals surface area contributed by atoms with Crippen molar-refractivity contribution >= 4 is 12.1 Å². The number of benzene rings is 1. The number of aliphatic carboxylic acids is 1. The van der Waals surface area contributed by atoms with Crippen LogP contribution in [0.2, 0.25) is 0 Å². The third-order valence-electron chi connectivity index (χ3n) is 3.11. The molecule has 0 bridgehead atoms. The van der Waals surface area contributed by atoms with Crippen LogP contribution < -0.4 is 10.1 Å². The zero-order chi connectivity index (χ0) is 17.5. The first-order chi connectivity index (χ1) is 10.7. The summed E-state index contributed by atoms with van der Waals surface area (Å²) in [5.41, 5.74) is 0.433. The fraction of sp³-hybridized carbons (Fsp3) is 0.529. The molecule has 1 aromatic rings. The standard InChI is InChI=1S/C17H25NO5/c1-17(2,3)23-16(21)18-14(15(19)20)7-5-6-12-8-10-13(22-4)11-9-12/h8-11,14H,5-7H2,1-4H3,(H,18,21)(H,19,20). The summed E-state index contributed by atoms with van der Waals surface area (Å²) in [7, 11) is 1.61. The Morgan fingerprint density at radius 2 is 1.83 bits per heavy atom. The van der Waals surface area contributed by atoms with E-state index in [1.165, 1.54) is 0 Å². The van der Waals surface area contributed by atoms with Crippen molar-refractivity contribution in [3.8, 4) is 5.75 Å². The van der Waals surface area contributed by atoms with E-state index in [1.54, 1.807) is 27.9 Å². The molecule has 23 heavy (non-hydrogen) atoms. The molecule has 1 aromatic carbocycles. The lowest BCUT2D eigenvalue weighted by atomic mass is 10.0. The van der Waals surface area contributed by atoms with Gasteiger partial charge in [-0.15, -0.1) is 0 Å². The van der Waals surface area contributed by atoms with Gasteiger partial charge < -0.3 is 19.9 Å². The number of rotatable bonds is 7. The summed E-state index contributed by atoms with van der Waals surface area (Å²) < 4.78 is 10.2. The van der Waals surface area contributed by atoms with Crippen LogP contribution in [-0.4, -0.2) is 35.9 Å². The third kappa shape index (κ3) is 7.54. The molecule has 2 N–H and O–H groups in total. The van der Waals surface area contributed by atoms with Gasteiger partial charge in [-0.25, -0.2) is 9.59 Å². The first-order valence-electron chi connectivity index (χ1n) is 7.56. The second-order valence-electron chi connectivity index (χ2n) is 6.28. The van der Waals surface area contributed by atoms with Crippen LogP contribution in [0.15, 0.2) is 24.3 Å². The van der Waals surface area contributed by atoms with Gasteiger partial charge in [-0.2, -0.15) is 0 Å². The first-order valence-corrected chi connectivity index (χ1v) is 7.56. The van der Waals surface area contributed by atoms with Crippen LogP contribution in [0.5, 0.6) is 5.75 Å². The number of carboxylic acid groups (broad SMARTS) is 1. The van der Waals surface area contributed by atoms with E-state index in [1.807, 2.05) is 24.3 Å². The molecule has 0 fully saturated rings. The van der Waals surface area contributed by atoms with E-state index in [0.717, 1.165) is 17.7 Å². The maximum Gasteiger partial charge on any atom is 0.408 e. The largest absolute Gasteiger partial charge is 0.497 e. The Morgan fingerprint density at radius 1 is 1.22 bits per heavy atom. The van der Waals surface area contributed by atoms with Gasteiger partial charge in [0.2, 0.25) is 0 Å². The van der Waals surface area contributed by atoms with Crippen LogP contribution in [0.1, 0.15) is 39.2 Å². The maximum atomic E-state index is 11.7. The molecule has 0 heterocycles. The van der Waals surface area contributed by atoms with Gasteiger partial charge in [0.05, 0.1) is 7.11 Å². The van der Waals surface area contributed by atoms with Crippen molar-refractivity contribution in [2.75, 3.05) is 7.11 Å². The lowest BCUT2D eigenvalue weighted by molar-refractivity contribution is -0.139. The lowest BCUT2D eigenvalue weighted by Crippen LogP contribution is -2.43. The maximum absolute atomic E-state index is 11.7. The molecule has 0 aliphatic rings. The van der Waals surface area contributed by atoms with Crippen molar-refractivity contribution in [2.45, 2.75) is 51.7 Å². The Hall–Kier alpha value is -2.24. The number of hydrogen-bond donors (Lipinski definition) is 2. The minimum Gasteiger partial charge on any atom is -0.497 e. The van der Waals surface area contributed by atoms with E-state index in [4.69, 9.17) is 9.47 Å². The molecule has 0 spiro atoms. The molecular weight excluding hydrogens is 298 g/mol. The van der Waals surface area contributed by atoms with E-state index in [0.29, 0.717) is 12.8 Å². The SMILES string of the molecule is COc1ccc(CCCC(NC(=O)OC(C)(C)C)C(=O)O)cc1. The Morgan fingerprint density at radius 3 is 2.30 bits per heavy atom. The van der Waals surface area contributed by atoms with Crippen molar-refractivity contribution in [3.05, 3.63) is 29.8 Å². The number of methoxy groups -OCH3 is 1. The average molecular weight is 323 g/mol. The van der Waals surface area contributed by atoms with Gasteiger partial charge >= 0.3 is 12.1 Å². The van der Waals surface area contributed by atoms with Crippen LogP contribution in [0.25, 0.3) is 0 Å². The predicted molar refractivity (Wildman–Crippen MR) is 86.7 cm³/mol. The molecular formula is C17H25NO5. The van der Waals surface area contributed by atoms with Crippen molar-refractivity contribution in [3.63, 3.8) is 0 Å². The Bertz CT molecular complexity index is 519. The summed E-state index contributed by atoms with van der Waals surface area (Å²) >= 11 is 0. The molecule has 0 aliphatic heterocycles. The molecule has 128 valence electrons. The highest BCUT2D eigenvalue weighted by molar-refractivity contribution is 5.79. The predicted octanol–water partition coefficient (Wildman–Crippen LogP) is 3.00. The molecule has 0 saturated heterocycles. The van der Waals surface area contributed by atoms with E-state index in [-0.39, 0.29) is 0 Å². The number of carbonyl (C=O) groups is 2. The average Bonchev–Trinajstić information content (AvgIpc) is 2.44. The molecule has 0 aromatic heterocycles. The zero-order valence-electron chi connectivity index (χ0n) is 14.1. The lowest BCUT2D eigenvalue weighted by Gasteiger charge is -2.22.